The first-order chi connectivity index (χ1) is 12.2. The first-order valence-electron chi connectivity index (χ1n) is 8.53. The summed E-state index contributed by atoms with van der Waals surface area (Å²) >= 11 is 0. The molecule has 1 heterocycles. The first kappa shape index (κ1) is 17.0. The molecule has 0 aliphatic carbocycles. The Hall–Kier alpha value is -2.88. The molecule has 4 nitrogen and oxygen atoms in total. The summed E-state index contributed by atoms with van der Waals surface area (Å²) < 4.78 is 5.57. The number of ether oxygens (including phenoxy) is 1. The maximum absolute atomic E-state index is 12.5. The highest BCUT2D eigenvalue weighted by Gasteiger charge is 2.22. The van der Waals surface area contributed by atoms with E-state index < -0.39 is 0 Å². The zero-order valence-electron chi connectivity index (χ0n) is 14.3. The van der Waals surface area contributed by atoms with E-state index in [9.17, 15) is 9.59 Å². The highest BCUT2D eigenvalue weighted by Crippen LogP contribution is 2.23. The van der Waals surface area contributed by atoms with Crippen LogP contribution in [0.1, 0.15) is 35.7 Å². The number of nitrogens with zero attached hydrogens (tertiary/aromatic N) is 1. The van der Waals surface area contributed by atoms with Crippen LogP contribution in [0.15, 0.2) is 54.6 Å². The molecule has 0 spiro atoms. The van der Waals surface area contributed by atoms with E-state index in [0.29, 0.717) is 25.1 Å². The van der Waals surface area contributed by atoms with E-state index in [4.69, 9.17) is 4.74 Å². The fourth-order valence-corrected chi connectivity index (χ4v) is 2.92. The lowest BCUT2D eigenvalue weighted by molar-refractivity contribution is -0.117. The Morgan fingerprint density at radius 2 is 2.04 bits per heavy atom. The van der Waals surface area contributed by atoms with Crippen molar-refractivity contribution < 1.29 is 14.3 Å². The number of allylic oxidation sites excluding steroid dienone is 1. The lowest BCUT2D eigenvalue weighted by Gasteiger charge is -2.16. The second-order valence-corrected chi connectivity index (χ2v) is 5.87. The van der Waals surface area contributed by atoms with Gasteiger partial charge in [0.15, 0.2) is 5.78 Å². The molecule has 3 rings (SSSR count). The van der Waals surface area contributed by atoms with Crippen molar-refractivity contribution in [3.8, 4) is 5.75 Å². The van der Waals surface area contributed by atoms with Crippen molar-refractivity contribution >= 4 is 23.5 Å². The number of anilines is 1. The minimum atomic E-state index is -0.0974. The second-order valence-electron chi connectivity index (χ2n) is 5.87. The van der Waals surface area contributed by atoms with E-state index in [0.717, 1.165) is 23.4 Å². The van der Waals surface area contributed by atoms with E-state index in [1.807, 2.05) is 43.3 Å². The largest absolute Gasteiger partial charge is 0.493 e. The smallest absolute Gasteiger partial charge is 0.227 e. The Bertz CT molecular complexity index is 810. The summed E-state index contributed by atoms with van der Waals surface area (Å²) in [6, 6.07) is 14.8. The van der Waals surface area contributed by atoms with Gasteiger partial charge in [-0.25, -0.2) is 0 Å². The van der Waals surface area contributed by atoms with Gasteiger partial charge >= 0.3 is 0 Å². The molecule has 1 aliphatic rings. The van der Waals surface area contributed by atoms with Gasteiger partial charge in [0.2, 0.25) is 5.91 Å². The second kappa shape index (κ2) is 7.79. The number of amides is 1. The molecular weight excluding hydrogens is 314 g/mol. The molecule has 0 N–H and O–H groups in total. The number of carbonyl (C=O) groups is 2. The summed E-state index contributed by atoms with van der Waals surface area (Å²) in [5.41, 5.74) is 2.22. The Morgan fingerprint density at radius 3 is 2.80 bits per heavy atom. The molecule has 1 amide bonds. The van der Waals surface area contributed by atoms with Crippen molar-refractivity contribution in [2.45, 2.75) is 19.8 Å². The summed E-state index contributed by atoms with van der Waals surface area (Å²) in [7, 11) is 0. The number of carbonyl (C=O) groups excluding carboxylic acids is 2. The van der Waals surface area contributed by atoms with Crippen molar-refractivity contribution in [1.82, 2.24) is 0 Å². The highest BCUT2D eigenvalue weighted by atomic mass is 16.5. The van der Waals surface area contributed by atoms with Crippen LogP contribution in [0.2, 0.25) is 0 Å². The number of hydrogen-bond acceptors (Lipinski definition) is 3. The number of hydrogen-bond donors (Lipinski definition) is 0. The Kier molecular flexibility index (Phi) is 5.29. The summed E-state index contributed by atoms with van der Waals surface area (Å²) in [5.74, 6) is 0.774. The minimum absolute atomic E-state index is 0.0974. The van der Waals surface area contributed by atoms with E-state index in [1.165, 1.54) is 0 Å². The molecule has 1 saturated heterocycles. The fourth-order valence-electron chi connectivity index (χ4n) is 2.92. The summed E-state index contributed by atoms with van der Waals surface area (Å²) in [5, 5.41) is 0. The molecule has 25 heavy (non-hydrogen) atoms. The average molecular weight is 335 g/mol. The molecule has 0 saturated carbocycles. The van der Waals surface area contributed by atoms with Crippen molar-refractivity contribution in [2.75, 3.05) is 18.1 Å². The molecule has 0 bridgehead atoms. The number of ketones is 1. The van der Waals surface area contributed by atoms with Crippen LogP contribution < -0.4 is 9.64 Å². The zero-order valence-corrected chi connectivity index (χ0v) is 14.3. The van der Waals surface area contributed by atoms with Crippen LogP contribution in [0.5, 0.6) is 5.75 Å². The fraction of sp³-hybridized carbons (Fsp3) is 0.238. The molecule has 2 aromatic carbocycles. The summed E-state index contributed by atoms with van der Waals surface area (Å²) in [4.78, 5) is 26.1. The van der Waals surface area contributed by atoms with Gasteiger partial charge in [0.1, 0.15) is 5.75 Å². The molecule has 0 aromatic heterocycles. The van der Waals surface area contributed by atoms with Crippen molar-refractivity contribution in [1.29, 1.82) is 0 Å². The topological polar surface area (TPSA) is 46.6 Å². The third-order valence-corrected chi connectivity index (χ3v) is 4.15. The van der Waals surface area contributed by atoms with Crippen LogP contribution in [-0.2, 0) is 4.79 Å². The molecule has 2 aromatic rings. The summed E-state index contributed by atoms with van der Waals surface area (Å²) in [6.45, 7) is 3.22. The molecule has 128 valence electrons. The molecule has 0 radical (unpaired) electrons. The zero-order chi connectivity index (χ0) is 17.6. The normalized spacial score (nSPS) is 14.3. The van der Waals surface area contributed by atoms with E-state index in [1.54, 1.807) is 29.2 Å². The lowest BCUT2D eigenvalue weighted by atomic mass is 10.1. The molecule has 0 unspecified atom stereocenters. The number of benzene rings is 2. The van der Waals surface area contributed by atoms with Gasteiger partial charge in [0.25, 0.3) is 0 Å². The van der Waals surface area contributed by atoms with Gasteiger partial charge in [-0.2, -0.15) is 0 Å². The Balaban J connectivity index is 1.79. The highest BCUT2D eigenvalue weighted by molar-refractivity contribution is 6.08. The maximum atomic E-state index is 12.5. The molecule has 4 heteroatoms. The van der Waals surface area contributed by atoms with Gasteiger partial charge in [-0.15, -0.1) is 0 Å². The predicted octanol–water partition coefficient (Wildman–Crippen LogP) is 4.11. The molecule has 1 fully saturated rings. The molecule has 0 atom stereocenters. The minimum Gasteiger partial charge on any atom is -0.493 e. The lowest BCUT2D eigenvalue weighted by Crippen LogP contribution is -2.23. The monoisotopic (exact) mass is 335 g/mol. The van der Waals surface area contributed by atoms with E-state index in [2.05, 4.69) is 0 Å². The van der Waals surface area contributed by atoms with Gasteiger partial charge in [-0.05, 0) is 43.7 Å². The first-order valence-corrected chi connectivity index (χ1v) is 8.53. The van der Waals surface area contributed by atoms with Gasteiger partial charge in [-0.3, -0.25) is 9.59 Å². The van der Waals surface area contributed by atoms with Crippen LogP contribution in [-0.4, -0.2) is 24.8 Å². The van der Waals surface area contributed by atoms with Gasteiger partial charge in [0, 0.05) is 29.8 Å². The number of para-hydroxylation sites is 1. The Morgan fingerprint density at radius 1 is 1.20 bits per heavy atom. The van der Waals surface area contributed by atoms with E-state index >= 15 is 0 Å². The van der Waals surface area contributed by atoms with Crippen LogP contribution in [0.3, 0.4) is 0 Å². The van der Waals surface area contributed by atoms with Crippen LogP contribution in [0.4, 0.5) is 5.69 Å². The van der Waals surface area contributed by atoms with Gasteiger partial charge in [0.05, 0.1) is 6.61 Å². The van der Waals surface area contributed by atoms with Crippen LogP contribution >= 0.6 is 0 Å². The van der Waals surface area contributed by atoms with Gasteiger partial charge < -0.3 is 9.64 Å². The van der Waals surface area contributed by atoms with E-state index in [-0.39, 0.29) is 11.7 Å². The summed E-state index contributed by atoms with van der Waals surface area (Å²) in [6.07, 6.45) is 4.75. The van der Waals surface area contributed by atoms with Crippen molar-refractivity contribution in [2.24, 2.45) is 0 Å². The maximum Gasteiger partial charge on any atom is 0.227 e. The average Bonchev–Trinajstić information content (AvgIpc) is 3.07. The molecular formula is C21H21NO3. The number of rotatable bonds is 6. The Labute approximate surface area is 147 Å². The molecule has 1 aliphatic heterocycles. The van der Waals surface area contributed by atoms with Crippen LogP contribution in [0, 0.1) is 0 Å². The quantitative estimate of drug-likeness (QED) is 0.589. The third-order valence-electron chi connectivity index (χ3n) is 4.15. The SMILES string of the molecule is CCOc1ccccc1/C=C/C(=O)c1cccc(N2CCCC2=O)c1. The third kappa shape index (κ3) is 3.97. The standard InChI is InChI=1S/C21H21NO3/c1-2-25-20-10-4-3-7-16(20)12-13-19(23)17-8-5-9-18(15-17)22-14-6-11-21(22)24/h3-5,7-10,12-13,15H,2,6,11,14H2,1H3/b13-12+. The van der Waals surface area contributed by atoms with Gasteiger partial charge in [-0.1, -0.05) is 30.3 Å². The van der Waals surface area contributed by atoms with Crippen molar-refractivity contribution in [3.63, 3.8) is 0 Å². The van der Waals surface area contributed by atoms with Crippen molar-refractivity contribution in [3.05, 3.63) is 65.7 Å². The van der Waals surface area contributed by atoms with Crippen LogP contribution in [0.25, 0.3) is 6.08 Å². The predicted molar refractivity (Wildman–Crippen MR) is 99.0 cm³/mol.